The lowest BCUT2D eigenvalue weighted by molar-refractivity contribution is 1.59. The highest BCUT2D eigenvalue weighted by molar-refractivity contribution is 6.28. The maximum atomic E-state index is 2.35. The van der Waals surface area contributed by atoms with Crippen LogP contribution in [-0.2, 0) is 0 Å². The van der Waals surface area contributed by atoms with E-state index in [-0.39, 0.29) is 0 Å². The van der Waals surface area contributed by atoms with E-state index in [0.29, 0.717) is 0 Å². The van der Waals surface area contributed by atoms with Gasteiger partial charge in [-0.25, -0.2) is 0 Å². The molecule has 0 nitrogen and oxygen atoms in total. The van der Waals surface area contributed by atoms with Crippen molar-refractivity contribution in [1.29, 1.82) is 0 Å². The largest absolute Gasteiger partial charge is 0.0622 e. The average Bonchev–Trinajstić information content (AvgIpc) is 3.09. The molecule has 0 aromatic heterocycles. The summed E-state index contributed by atoms with van der Waals surface area (Å²) < 4.78 is 0. The Labute approximate surface area is 255 Å². The fourth-order valence-corrected chi connectivity index (χ4v) is 7.85. The maximum absolute atomic E-state index is 2.35. The molecule has 202 valence electrons. The normalized spacial score (nSPS) is 12.1. The predicted octanol–water partition coefficient (Wildman–Crippen LogP) is 12.5. The summed E-state index contributed by atoms with van der Waals surface area (Å²) in [5.41, 5.74) is 7.58. The van der Waals surface area contributed by atoms with Crippen LogP contribution in [-0.4, -0.2) is 0 Å². The van der Waals surface area contributed by atoms with E-state index in [0.717, 1.165) is 0 Å². The molecule has 0 spiro atoms. The van der Waals surface area contributed by atoms with E-state index >= 15 is 0 Å². The van der Waals surface area contributed by atoms with Crippen LogP contribution >= 0.6 is 0 Å². The van der Waals surface area contributed by atoms with Gasteiger partial charge in [0.25, 0.3) is 0 Å². The zero-order chi connectivity index (χ0) is 28.8. The smallest absolute Gasteiger partial charge is 0.00204 e. The van der Waals surface area contributed by atoms with Crippen molar-refractivity contribution >= 4 is 64.6 Å². The van der Waals surface area contributed by atoms with Crippen LogP contribution in [0.4, 0.5) is 0 Å². The van der Waals surface area contributed by atoms with Crippen LogP contribution in [0.1, 0.15) is 0 Å². The highest BCUT2D eigenvalue weighted by Crippen LogP contribution is 2.48. The second-order valence-corrected chi connectivity index (χ2v) is 12.0. The quantitative estimate of drug-likeness (QED) is 0.191. The molecule has 0 unspecified atom stereocenters. The third kappa shape index (κ3) is 3.23. The van der Waals surface area contributed by atoms with E-state index in [4.69, 9.17) is 0 Å². The van der Waals surface area contributed by atoms with Crippen LogP contribution < -0.4 is 0 Å². The number of rotatable bonds is 3. The standard InChI is InChI=1S/C44H26/c1-2-7-27(8-3-1)34-13-6-14-36(35-23-19-32-17-15-28-9-4-11-30-20-24-37(35)42(32)40(28)30)44(34)39-26-22-33-18-16-29-10-5-12-31-21-25-38(39)43(33)41(29)31/h1-26H. The van der Waals surface area contributed by atoms with Gasteiger partial charge >= 0.3 is 0 Å². The van der Waals surface area contributed by atoms with E-state index in [1.165, 1.54) is 98.0 Å². The monoisotopic (exact) mass is 554 g/mol. The highest BCUT2D eigenvalue weighted by Gasteiger charge is 2.20. The fourth-order valence-electron chi connectivity index (χ4n) is 7.85. The van der Waals surface area contributed by atoms with Gasteiger partial charge in [-0.2, -0.15) is 0 Å². The molecule has 0 saturated heterocycles. The first-order valence-electron chi connectivity index (χ1n) is 15.4. The van der Waals surface area contributed by atoms with Gasteiger partial charge < -0.3 is 0 Å². The Morgan fingerprint density at radius 3 is 1.25 bits per heavy atom. The Bertz CT molecular complexity index is 2660. The summed E-state index contributed by atoms with van der Waals surface area (Å²) in [5, 5.41) is 15.8. The van der Waals surface area contributed by atoms with Gasteiger partial charge in [0.15, 0.2) is 0 Å². The van der Waals surface area contributed by atoms with E-state index < -0.39 is 0 Å². The SMILES string of the molecule is c1ccc(-c2cccc(-c3ccc4ccc5cccc6ccc3c4c56)c2-c2ccc3ccc4cccc5ccc2c3c45)cc1. The molecular formula is C44H26. The van der Waals surface area contributed by atoms with Crippen molar-refractivity contribution in [2.45, 2.75) is 0 Å². The number of hydrogen-bond acceptors (Lipinski definition) is 0. The molecule has 10 aromatic carbocycles. The minimum Gasteiger partial charge on any atom is -0.0622 e. The lowest BCUT2D eigenvalue weighted by Crippen LogP contribution is -1.94. The molecule has 0 aliphatic heterocycles. The first-order valence-corrected chi connectivity index (χ1v) is 15.4. The van der Waals surface area contributed by atoms with Crippen LogP contribution in [0.2, 0.25) is 0 Å². The Kier molecular flexibility index (Phi) is 4.81. The number of benzene rings is 10. The summed E-state index contributed by atoms with van der Waals surface area (Å²) in [4.78, 5) is 0. The molecule has 10 aromatic rings. The van der Waals surface area contributed by atoms with E-state index in [2.05, 4.69) is 158 Å². The molecule has 0 aliphatic rings. The minimum atomic E-state index is 1.23. The van der Waals surface area contributed by atoms with Gasteiger partial charge in [0.05, 0.1) is 0 Å². The third-order valence-corrected chi connectivity index (χ3v) is 9.77. The van der Waals surface area contributed by atoms with Gasteiger partial charge in [0.2, 0.25) is 0 Å². The molecule has 0 radical (unpaired) electrons. The summed E-state index contributed by atoms with van der Waals surface area (Å²) in [5.74, 6) is 0. The van der Waals surface area contributed by atoms with Gasteiger partial charge in [-0.3, -0.25) is 0 Å². The van der Waals surface area contributed by atoms with Crippen LogP contribution in [0.5, 0.6) is 0 Å². The Balaban J connectivity index is 1.36. The Morgan fingerprint density at radius 2 is 0.659 bits per heavy atom. The Hall–Kier alpha value is -5.72. The predicted molar refractivity (Wildman–Crippen MR) is 190 cm³/mol. The second-order valence-electron chi connectivity index (χ2n) is 12.0. The first-order chi connectivity index (χ1) is 21.8. The van der Waals surface area contributed by atoms with Crippen LogP contribution in [0.3, 0.4) is 0 Å². The van der Waals surface area contributed by atoms with E-state index in [1.54, 1.807) is 0 Å². The van der Waals surface area contributed by atoms with Crippen LogP contribution in [0, 0.1) is 0 Å². The van der Waals surface area contributed by atoms with Crippen molar-refractivity contribution in [2.24, 2.45) is 0 Å². The molecule has 0 N–H and O–H groups in total. The molecule has 0 heteroatoms. The second kappa shape index (κ2) is 8.89. The van der Waals surface area contributed by atoms with Gasteiger partial charge in [-0.15, -0.1) is 0 Å². The zero-order valence-corrected chi connectivity index (χ0v) is 24.0. The lowest BCUT2D eigenvalue weighted by Gasteiger charge is -2.21. The minimum absolute atomic E-state index is 1.23. The van der Waals surface area contributed by atoms with Crippen LogP contribution in [0.15, 0.2) is 158 Å². The molecule has 0 bridgehead atoms. The third-order valence-electron chi connectivity index (χ3n) is 9.77. The van der Waals surface area contributed by atoms with Gasteiger partial charge in [-0.1, -0.05) is 158 Å². The summed E-state index contributed by atoms with van der Waals surface area (Å²) in [6, 6.07) is 58.7. The molecule has 44 heavy (non-hydrogen) atoms. The van der Waals surface area contributed by atoms with Crippen molar-refractivity contribution in [1.82, 2.24) is 0 Å². The van der Waals surface area contributed by atoms with Gasteiger partial charge in [0, 0.05) is 0 Å². The lowest BCUT2D eigenvalue weighted by atomic mass is 9.82. The Morgan fingerprint density at radius 1 is 0.227 bits per heavy atom. The van der Waals surface area contributed by atoms with Crippen molar-refractivity contribution in [2.75, 3.05) is 0 Å². The highest BCUT2D eigenvalue weighted by atomic mass is 14.2. The summed E-state index contributed by atoms with van der Waals surface area (Å²) in [7, 11) is 0. The molecule has 0 aliphatic carbocycles. The van der Waals surface area contributed by atoms with Crippen molar-refractivity contribution in [3.63, 3.8) is 0 Å². The van der Waals surface area contributed by atoms with Crippen molar-refractivity contribution in [3.8, 4) is 33.4 Å². The molecule has 0 fully saturated rings. The van der Waals surface area contributed by atoms with Crippen molar-refractivity contribution in [3.05, 3.63) is 158 Å². The van der Waals surface area contributed by atoms with E-state index in [1.807, 2.05) is 0 Å². The molecule has 0 heterocycles. The summed E-state index contributed by atoms with van der Waals surface area (Å²) in [6.07, 6.45) is 0. The van der Waals surface area contributed by atoms with Crippen LogP contribution in [0.25, 0.3) is 98.0 Å². The molecule has 10 rings (SSSR count). The maximum Gasteiger partial charge on any atom is -0.00204 e. The average molecular weight is 555 g/mol. The number of hydrogen-bond donors (Lipinski definition) is 0. The summed E-state index contributed by atoms with van der Waals surface area (Å²) in [6.45, 7) is 0. The van der Waals surface area contributed by atoms with Gasteiger partial charge in [-0.05, 0) is 98.0 Å². The zero-order valence-electron chi connectivity index (χ0n) is 24.0. The summed E-state index contributed by atoms with van der Waals surface area (Å²) >= 11 is 0. The van der Waals surface area contributed by atoms with Crippen molar-refractivity contribution < 1.29 is 0 Å². The van der Waals surface area contributed by atoms with E-state index in [9.17, 15) is 0 Å². The first kappa shape index (κ1) is 23.8. The van der Waals surface area contributed by atoms with Gasteiger partial charge in [0.1, 0.15) is 0 Å². The molecule has 0 amide bonds. The molecule has 0 saturated carbocycles. The molecular weight excluding hydrogens is 528 g/mol. The fraction of sp³-hybridized carbons (Fsp3) is 0. The molecule has 0 atom stereocenters. The topological polar surface area (TPSA) is 0 Å².